The van der Waals surface area contributed by atoms with Gasteiger partial charge in [0.25, 0.3) is 0 Å². The van der Waals surface area contributed by atoms with E-state index in [-0.39, 0.29) is 29.6 Å². The summed E-state index contributed by atoms with van der Waals surface area (Å²) in [5.74, 6) is -1.61. The topological polar surface area (TPSA) is 40.1 Å². The maximum absolute atomic E-state index is 10.8. The van der Waals surface area contributed by atoms with Gasteiger partial charge < -0.3 is 9.90 Å². The second-order valence-corrected chi connectivity index (χ2v) is 3.61. The van der Waals surface area contributed by atoms with Crippen molar-refractivity contribution in [1.29, 1.82) is 0 Å². The Morgan fingerprint density at radius 1 is 1.12 bits per heavy atom. The van der Waals surface area contributed by atoms with E-state index in [1.54, 1.807) is 6.92 Å². The smallest absolute Gasteiger partial charge is 0.550 e. The second-order valence-electron chi connectivity index (χ2n) is 3.61. The first-order valence-electron chi connectivity index (χ1n) is 4.88. The number of fused-ring (bicyclic) bond motifs is 1. The Morgan fingerprint density at radius 3 is 2.44 bits per heavy atom. The third-order valence-corrected chi connectivity index (χ3v) is 2.64. The zero-order chi connectivity index (χ0) is 10.8. The van der Waals surface area contributed by atoms with Crippen LogP contribution in [-0.4, -0.2) is 5.97 Å². The molecule has 2 rings (SSSR count). The van der Waals surface area contributed by atoms with Crippen LogP contribution in [0.2, 0.25) is 0 Å². The van der Waals surface area contributed by atoms with Gasteiger partial charge in [0.15, 0.2) is 0 Å². The maximum atomic E-state index is 10.8. The molecule has 2 nitrogen and oxygen atoms in total. The third-order valence-electron chi connectivity index (χ3n) is 2.64. The van der Waals surface area contributed by atoms with Gasteiger partial charge in [0.1, 0.15) is 0 Å². The Balaban J connectivity index is 0.00000128. The van der Waals surface area contributed by atoms with E-state index in [0.717, 1.165) is 16.3 Å². The molecule has 0 bridgehead atoms. The third kappa shape index (κ3) is 2.46. The van der Waals surface area contributed by atoms with Crippen molar-refractivity contribution in [3.05, 3.63) is 48.0 Å². The van der Waals surface area contributed by atoms with Crippen LogP contribution in [0.1, 0.15) is 18.4 Å². The van der Waals surface area contributed by atoms with E-state index in [1.807, 2.05) is 42.5 Å². The molecule has 0 spiro atoms. The molecule has 0 N–H and O–H groups in total. The minimum atomic E-state index is -1.04. The molecular weight excluding hydrogens is 211 g/mol. The van der Waals surface area contributed by atoms with Gasteiger partial charge in [-0.2, -0.15) is 0 Å². The van der Waals surface area contributed by atoms with Crippen LogP contribution >= 0.6 is 0 Å². The fraction of sp³-hybridized carbons (Fsp3) is 0.154. The van der Waals surface area contributed by atoms with Crippen molar-refractivity contribution >= 4 is 16.7 Å². The quantitative estimate of drug-likeness (QED) is 0.592. The van der Waals surface area contributed by atoms with Crippen molar-refractivity contribution in [1.82, 2.24) is 0 Å². The molecular formula is C13H11NaO2. The van der Waals surface area contributed by atoms with Gasteiger partial charge in [-0.25, -0.2) is 0 Å². The number of carbonyl (C=O) groups excluding carboxylic acids is 1. The first-order chi connectivity index (χ1) is 7.20. The minimum absolute atomic E-state index is 0. The summed E-state index contributed by atoms with van der Waals surface area (Å²) >= 11 is 0. The molecule has 0 saturated carbocycles. The maximum Gasteiger partial charge on any atom is 1.00 e. The van der Waals surface area contributed by atoms with Crippen LogP contribution in [0.4, 0.5) is 0 Å². The van der Waals surface area contributed by atoms with Crippen LogP contribution < -0.4 is 34.7 Å². The normalized spacial score (nSPS) is 11.8. The predicted octanol–water partition coefficient (Wildman–Crippen LogP) is -1.30. The number of carboxylic acids is 1. The molecule has 0 heterocycles. The van der Waals surface area contributed by atoms with E-state index in [0.29, 0.717) is 0 Å². The van der Waals surface area contributed by atoms with E-state index in [4.69, 9.17) is 0 Å². The fourth-order valence-corrected chi connectivity index (χ4v) is 1.76. The van der Waals surface area contributed by atoms with Gasteiger partial charge in [-0.1, -0.05) is 49.4 Å². The minimum Gasteiger partial charge on any atom is -0.550 e. The molecule has 76 valence electrons. The van der Waals surface area contributed by atoms with E-state index >= 15 is 0 Å². The summed E-state index contributed by atoms with van der Waals surface area (Å²) in [5, 5.41) is 12.9. The van der Waals surface area contributed by atoms with Crippen LogP contribution in [0.3, 0.4) is 0 Å². The molecule has 16 heavy (non-hydrogen) atoms. The van der Waals surface area contributed by atoms with Gasteiger partial charge >= 0.3 is 29.6 Å². The van der Waals surface area contributed by atoms with Gasteiger partial charge in [-0.3, -0.25) is 0 Å². The van der Waals surface area contributed by atoms with Gasteiger partial charge in [0.2, 0.25) is 0 Å². The number of aliphatic carboxylic acids is 1. The van der Waals surface area contributed by atoms with Crippen molar-refractivity contribution in [3.63, 3.8) is 0 Å². The van der Waals surface area contributed by atoms with Crippen molar-refractivity contribution in [3.8, 4) is 0 Å². The van der Waals surface area contributed by atoms with E-state index in [9.17, 15) is 9.90 Å². The summed E-state index contributed by atoms with van der Waals surface area (Å²) in [7, 11) is 0. The molecule has 0 radical (unpaired) electrons. The van der Waals surface area contributed by atoms with Crippen LogP contribution in [0.25, 0.3) is 10.8 Å². The number of rotatable bonds is 2. The Hall–Kier alpha value is -0.830. The molecule has 0 fully saturated rings. The molecule has 0 aliphatic heterocycles. The first-order valence-corrected chi connectivity index (χ1v) is 4.88. The van der Waals surface area contributed by atoms with Gasteiger partial charge in [-0.05, 0) is 16.3 Å². The average Bonchev–Trinajstić information content (AvgIpc) is 2.27. The summed E-state index contributed by atoms with van der Waals surface area (Å²) in [6, 6.07) is 13.4. The molecule has 2 aromatic carbocycles. The summed E-state index contributed by atoms with van der Waals surface area (Å²) in [5.41, 5.74) is 0.813. The molecule has 1 atom stereocenters. The zero-order valence-electron chi connectivity index (χ0n) is 9.44. The molecule has 0 saturated heterocycles. The summed E-state index contributed by atoms with van der Waals surface area (Å²) < 4.78 is 0. The number of benzene rings is 2. The Morgan fingerprint density at radius 2 is 1.75 bits per heavy atom. The Labute approximate surface area is 117 Å². The average molecular weight is 222 g/mol. The summed E-state index contributed by atoms with van der Waals surface area (Å²) in [4.78, 5) is 10.8. The van der Waals surface area contributed by atoms with Crippen molar-refractivity contribution in [2.75, 3.05) is 0 Å². The molecule has 0 aliphatic carbocycles. The van der Waals surface area contributed by atoms with E-state index in [2.05, 4.69) is 0 Å². The van der Waals surface area contributed by atoms with Crippen molar-refractivity contribution in [2.45, 2.75) is 12.8 Å². The zero-order valence-corrected chi connectivity index (χ0v) is 11.4. The summed E-state index contributed by atoms with van der Waals surface area (Å²) in [6.07, 6.45) is 0. The largest absolute Gasteiger partial charge is 1.00 e. The Kier molecular flexibility index (Phi) is 4.54. The van der Waals surface area contributed by atoms with E-state index < -0.39 is 11.9 Å². The van der Waals surface area contributed by atoms with Crippen molar-refractivity contribution < 1.29 is 39.5 Å². The molecule has 3 heteroatoms. The molecule has 0 aromatic heterocycles. The van der Waals surface area contributed by atoms with Gasteiger partial charge in [-0.15, -0.1) is 0 Å². The fourth-order valence-electron chi connectivity index (χ4n) is 1.76. The van der Waals surface area contributed by atoms with Crippen LogP contribution in [0.5, 0.6) is 0 Å². The van der Waals surface area contributed by atoms with Gasteiger partial charge in [0.05, 0.1) is 0 Å². The van der Waals surface area contributed by atoms with E-state index in [1.165, 1.54) is 0 Å². The van der Waals surface area contributed by atoms with Crippen molar-refractivity contribution in [2.24, 2.45) is 0 Å². The molecule has 0 aliphatic rings. The predicted molar refractivity (Wildman–Crippen MR) is 57.4 cm³/mol. The van der Waals surface area contributed by atoms with Crippen LogP contribution in [0, 0.1) is 0 Å². The van der Waals surface area contributed by atoms with Crippen LogP contribution in [-0.2, 0) is 4.79 Å². The molecule has 0 amide bonds. The number of hydrogen-bond donors (Lipinski definition) is 0. The molecule has 2 aromatic rings. The Bertz CT molecular complexity index is 503. The van der Waals surface area contributed by atoms with Crippen LogP contribution in [0.15, 0.2) is 42.5 Å². The van der Waals surface area contributed by atoms with Gasteiger partial charge in [0, 0.05) is 11.9 Å². The first kappa shape index (κ1) is 13.2. The number of carboxylic acid groups (broad SMARTS) is 1. The molecule has 0 unspecified atom stereocenters. The standard InChI is InChI=1S/C13H12O2.Na/c1-9(13(14)15)11-8-4-6-10-5-2-3-7-12(10)11;/h2-9H,1H3,(H,14,15);/q;+1/p-1/t9-;/m1./s1. The monoisotopic (exact) mass is 222 g/mol. The second kappa shape index (κ2) is 5.48. The summed E-state index contributed by atoms with van der Waals surface area (Å²) in [6.45, 7) is 1.65. The number of carbonyl (C=O) groups is 1. The SMILES string of the molecule is C[C@@H](C(=O)[O-])c1cccc2ccccc12.[Na+]. The number of hydrogen-bond acceptors (Lipinski definition) is 2.